The molecule has 94 valence electrons. The first kappa shape index (κ1) is 13.7. The lowest BCUT2D eigenvalue weighted by Crippen LogP contribution is -2.03. The molecule has 1 aromatic rings. The summed E-state index contributed by atoms with van der Waals surface area (Å²) in [4.78, 5) is 11.9. The van der Waals surface area contributed by atoms with Crippen molar-refractivity contribution in [2.24, 2.45) is 0 Å². The van der Waals surface area contributed by atoms with Gasteiger partial charge in [0, 0.05) is 6.42 Å². The number of hydrogen-bond donors (Lipinski definition) is 0. The SMILES string of the molecule is CCCCCCC(=O)c1cc(F)ccc1OC. The van der Waals surface area contributed by atoms with Crippen molar-refractivity contribution in [2.45, 2.75) is 39.0 Å². The fraction of sp³-hybridized carbons (Fsp3) is 0.500. The molecule has 2 nitrogen and oxygen atoms in total. The predicted octanol–water partition coefficient (Wildman–Crippen LogP) is 3.99. The van der Waals surface area contributed by atoms with Gasteiger partial charge in [0.25, 0.3) is 0 Å². The first-order valence-corrected chi connectivity index (χ1v) is 6.05. The zero-order chi connectivity index (χ0) is 12.7. The first-order valence-electron chi connectivity index (χ1n) is 6.05. The summed E-state index contributed by atoms with van der Waals surface area (Å²) >= 11 is 0. The highest BCUT2D eigenvalue weighted by Gasteiger charge is 2.12. The third-order valence-corrected chi connectivity index (χ3v) is 2.72. The number of unbranched alkanes of at least 4 members (excludes halogenated alkanes) is 3. The van der Waals surface area contributed by atoms with Gasteiger partial charge in [0.2, 0.25) is 0 Å². The van der Waals surface area contributed by atoms with Gasteiger partial charge in [-0.3, -0.25) is 4.79 Å². The fourth-order valence-corrected chi connectivity index (χ4v) is 1.75. The van der Waals surface area contributed by atoms with Crippen LogP contribution in [0, 0.1) is 5.82 Å². The van der Waals surface area contributed by atoms with Crippen molar-refractivity contribution >= 4 is 5.78 Å². The van der Waals surface area contributed by atoms with Gasteiger partial charge in [0.05, 0.1) is 12.7 Å². The number of Topliss-reactive ketones (excluding diaryl/α,β-unsaturated/α-hetero) is 1. The summed E-state index contributed by atoms with van der Waals surface area (Å²) in [5.74, 6) is 0.00653. The van der Waals surface area contributed by atoms with E-state index < -0.39 is 5.82 Å². The van der Waals surface area contributed by atoms with Crippen LogP contribution in [-0.2, 0) is 0 Å². The van der Waals surface area contributed by atoms with Gasteiger partial charge in [0.15, 0.2) is 5.78 Å². The van der Waals surface area contributed by atoms with Crippen molar-refractivity contribution < 1.29 is 13.9 Å². The third kappa shape index (κ3) is 4.17. The van der Waals surface area contributed by atoms with E-state index in [1.165, 1.54) is 25.3 Å². The Kier molecular flexibility index (Phi) is 5.67. The Bertz CT molecular complexity index is 374. The molecule has 0 N–H and O–H groups in total. The lowest BCUT2D eigenvalue weighted by atomic mass is 10.0. The maximum atomic E-state index is 13.1. The quantitative estimate of drug-likeness (QED) is 0.530. The van der Waals surface area contributed by atoms with Crippen LogP contribution < -0.4 is 4.74 Å². The van der Waals surface area contributed by atoms with Gasteiger partial charge in [-0.1, -0.05) is 26.2 Å². The van der Waals surface area contributed by atoms with Crippen LogP contribution in [-0.4, -0.2) is 12.9 Å². The summed E-state index contributed by atoms with van der Waals surface area (Å²) in [5.41, 5.74) is 0.351. The molecule has 0 aliphatic rings. The molecule has 0 aliphatic heterocycles. The molecule has 0 radical (unpaired) electrons. The van der Waals surface area contributed by atoms with Gasteiger partial charge < -0.3 is 4.74 Å². The van der Waals surface area contributed by atoms with E-state index in [-0.39, 0.29) is 5.78 Å². The lowest BCUT2D eigenvalue weighted by molar-refractivity contribution is 0.0975. The van der Waals surface area contributed by atoms with Crippen molar-refractivity contribution in [1.82, 2.24) is 0 Å². The van der Waals surface area contributed by atoms with Crippen LogP contribution in [0.3, 0.4) is 0 Å². The molecular formula is C14H19FO2. The number of hydrogen-bond acceptors (Lipinski definition) is 2. The normalized spacial score (nSPS) is 10.3. The van der Waals surface area contributed by atoms with E-state index in [4.69, 9.17) is 4.74 Å². The molecule has 0 aromatic heterocycles. The Morgan fingerprint density at radius 2 is 2.06 bits per heavy atom. The van der Waals surface area contributed by atoms with Crippen molar-refractivity contribution in [1.29, 1.82) is 0 Å². The van der Waals surface area contributed by atoms with Crippen LogP contribution in [0.4, 0.5) is 4.39 Å². The molecule has 17 heavy (non-hydrogen) atoms. The minimum absolute atomic E-state index is 0.0440. The highest BCUT2D eigenvalue weighted by Crippen LogP contribution is 2.21. The van der Waals surface area contributed by atoms with E-state index >= 15 is 0 Å². The average Bonchev–Trinajstić information content (AvgIpc) is 2.34. The second-order valence-electron chi connectivity index (χ2n) is 4.08. The molecule has 0 fully saturated rings. The van der Waals surface area contributed by atoms with Crippen molar-refractivity contribution in [3.63, 3.8) is 0 Å². The third-order valence-electron chi connectivity index (χ3n) is 2.72. The van der Waals surface area contributed by atoms with Gasteiger partial charge in [-0.25, -0.2) is 4.39 Å². The van der Waals surface area contributed by atoms with Crippen molar-refractivity contribution in [3.8, 4) is 5.75 Å². The molecule has 1 rings (SSSR count). The van der Waals surface area contributed by atoms with E-state index in [2.05, 4.69) is 6.92 Å². The molecule has 0 aliphatic carbocycles. The molecule has 0 unspecified atom stereocenters. The minimum Gasteiger partial charge on any atom is -0.496 e. The van der Waals surface area contributed by atoms with Gasteiger partial charge in [0.1, 0.15) is 11.6 Å². The second-order valence-corrected chi connectivity index (χ2v) is 4.08. The van der Waals surface area contributed by atoms with Crippen LogP contribution in [0.5, 0.6) is 5.75 Å². The van der Waals surface area contributed by atoms with Gasteiger partial charge in [-0.2, -0.15) is 0 Å². The van der Waals surface area contributed by atoms with Crippen LogP contribution in [0.15, 0.2) is 18.2 Å². The molecule has 0 bridgehead atoms. The number of carbonyl (C=O) groups is 1. The minimum atomic E-state index is -0.400. The molecule has 0 saturated heterocycles. The maximum absolute atomic E-state index is 13.1. The Balaban J connectivity index is 2.64. The zero-order valence-electron chi connectivity index (χ0n) is 10.5. The van der Waals surface area contributed by atoms with E-state index in [9.17, 15) is 9.18 Å². The summed E-state index contributed by atoms with van der Waals surface area (Å²) in [7, 11) is 1.49. The number of benzene rings is 1. The molecule has 0 amide bonds. The maximum Gasteiger partial charge on any atom is 0.166 e. The van der Waals surface area contributed by atoms with Crippen molar-refractivity contribution in [2.75, 3.05) is 7.11 Å². The molecule has 3 heteroatoms. The van der Waals surface area contributed by atoms with Gasteiger partial charge in [-0.15, -0.1) is 0 Å². The second kappa shape index (κ2) is 7.05. The summed E-state index contributed by atoms with van der Waals surface area (Å²) < 4.78 is 18.1. The van der Waals surface area contributed by atoms with E-state index in [0.29, 0.717) is 17.7 Å². The number of methoxy groups -OCH3 is 1. The molecule has 0 atom stereocenters. The summed E-state index contributed by atoms with van der Waals surface area (Å²) in [6.45, 7) is 2.12. The van der Waals surface area contributed by atoms with Crippen LogP contribution >= 0.6 is 0 Å². The monoisotopic (exact) mass is 238 g/mol. The fourth-order valence-electron chi connectivity index (χ4n) is 1.75. The van der Waals surface area contributed by atoms with E-state index in [1.807, 2.05) is 0 Å². The topological polar surface area (TPSA) is 26.3 Å². The first-order chi connectivity index (χ1) is 8.19. The van der Waals surface area contributed by atoms with Gasteiger partial charge >= 0.3 is 0 Å². The Morgan fingerprint density at radius 3 is 2.71 bits per heavy atom. The average molecular weight is 238 g/mol. The summed E-state index contributed by atoms with van der Waals surface area (Å²) in [6, 6.07) is 4.04. The van der Waals surface area contributed by atoms with E-state index in [0.717, 1.165) is 25.7 Å². The highest BCUT2D eigenvalue weighted by atomic mass is 19.1. The van der Waals surface area contributed by atoms with Crippen LogP contribution in [0.25, 0.3) is 0 Å². The van der Waals surface area contributed by atoms with Crippen LogP contribution in [0.1, 0.15) is 49.4 Å². The van der Waals surface area contributed by atoms with Crippen LogP contribution in [0.2, 0.25) is 0 Å². The largest absolute Gasteiger partial charge is 0.496 e. The Hall–Kier alpha value is -1.38. The molecule has 0 saturated carbocycles. The van der Waals surface area contributed by atoms with Crippen molar-refractivity contribution in [3.05, 3.63) is 29.6 Å². The molecule has 0 heterocycles. The predicted molar refractivity (Wildman–Crippen MR) is 66.0 cm³/mol. The molecular weight excluding hydrogens is 219 g/mol. The molecule has 0 spiro atoms. The highest BCUT2D eigenvalue weighted by molar-refractivity contribution is 5.98. The van der Waals surface area contributed by atoms with Gasteiger partial charge in [-0.05, 0) is 24.6 Å². The Morgan fingerprint density at radius 1 is 1.29 bits per heavy atom. The smallest absolute Gasteiger partial charge is 0.166 e. The number of ketones is 1. The molecule has 1 aromatic carbocycles. The standard InChI is InChI=1S/C14H19FO2/c1-3-4-5-6-7-13(16)12-10-11(15)8-9-14(12)17-2/h8-10H,3-7H2,1-2H3. The number of halogens is 1. The summed E-state index contributed by atoms with van der Waals surface area (Å²) in [6.07, 6.45) is 4.62. The number of rotatable bonds is 7. The lowest BCUT2D eigenvalue weighted by Gasteiger charge is -2.07. The number of ether oxygens (including phenoxy) is 1. The summed E-state index contributed by atoms with van der Waals surface area (Å²) in [5, 5.41) is 0. The number of carbonyl (C=O) groups excluding carboxylic acids is 1. The van der Waals surface area contributed by atoms with E-state index in [1.54, 1.807) is 0 Å². The Labute approximate surface area is 102 Å². The zero-order valence-corrected chi connectivity index (χ0v) is 10.5.